The summed E-state index contributed by atoms with van der Waals surface area (Å²) >= 11 is 0. The average molecular weight is 263 g/mol. The number of halogens is 1. The Labute approximate surface area is 110 Å². The first-order chi connectivity index (χ1) is 9.17. The van der Waals surface area contributed by atoms with Crippen molar-refractivity contribution < 1.29 is 18.8 Å². The largest absolute Gasteiger partial charge is 0.426 e. The molecule has 1 atom stereocenters. The lowest BCUT2D eigenvalue weighted by atomic mass is 10.3. The van der Waals surface area contributed by atoms with Crippen molar-refractivity contribution in [3.63, 3.8) is 0 Å². The number of rotatable bonds is 5. The summed E-state index contributed by atoms with van der Waals surface area (Å²) in [6.45, 7) is 1.79. The second-order valence-corrected chi connectivity index (χ2v) is 3.99. The molecule has 2 rings (SSSR count). The summed E-state index contributed by atoms with van der Waals surface area (Å²) in [7, 11) is 0. The zero-order chi connectivity index (χ0) is 13.7. The summed E-state index contributed by atoms with van der Waals surface area (Å²) in [5, 5.41) is 8.65. The van der Waals surface area contributed by atoms with Crippen LogP contribution in [0.4, 0.5) is 4.39 Å². The fraction of sp³-hybridized carbons (Fsp3) is 0.143. The Kier molecular flexibility index (Phi) is 4.33. The Bertz CT molecular complexity index is 548. The van der Waals surface area contributed by atoms with Crippen LogP contribution in [0.3, 0.4) is 0 Å². The van der Waals surface area contributed by atoms with E-state index < -0.39 is 0 Å². The summed E-state index contributed by atoms with van der Waals surface area (Å²) in [6, 6.07) is 8.89. The number of nitrogens with one attached hydrogen (secondary N) is 1. The van der Waals surface area contributed by atoms with Gasteiger partial charge < -0.3 is 14.4 Å². The Morgan fingerprint density at radius 3 is 2.68 bits per heavy atom. The molecule has 0 unspecified atom stereocenters. The van der Waals surface area contributed by atoms with Crippen LogP contribution in [-0.2, 0) is 0 Å². The molecule has 0 amide bonds. The third kappa shape index (κ3) is 3.94. The van der Waals surface area contributed by atoms with Crippen LogP contribution in [0.15, 0.2) is 46.9 Å². The predicted octanol–water partition coefficient (Wildman–Crippen LogP) is 3.59. The normalized spacial score (nSPS) is 12.8. The zero-order valence-electron chi connectivity index (χ0n) is 10.3. The number of furan rings is 1. The van der Waals surface area contributed by atoms with E-state index in [1.165, 1.54) is 24.3 Å². The number of benzene rings is 1. The molecule has 5 heteroatoms. The third-order valence-corrected chi connectivity index (χ3v) is 2.39. The fourth-order valence-corrected chi connectivity index (χ4v) is 1.38. The molecule has 0 saturated carbocycles. The molecule has 19 heavy (non-hydrogen) atoms. The maximum absolute atomic E-state index is 12.7. The van der Waals surface area contributed by atoms with Crippen molar-refractivity contribution in [2.75, 3.05) is 0 Å². The van der Waals surface area contributed by atoms with E-state index in [9.17, 15) is 4.39 Å². The SMILES string of the molecule is C[C@H](/C=C/c1ccc(Oc2ccc(F)cc2)o1)NO. The minimum Gasteiger partial charge on any atom is -0.426 e. The van der Waals surface area contributed by atoms with Gasteiger partial charge in [0, 0.05) is 12.1 Å². The molecule has 4 nitrogen and oxygen atoms in total. The lowest BCUT2D eigenvalue weighted by Crippen LogP contribution is -2.18. The quantitative estimate of drug-likeness (QED) is 0.809. The summed E-state index contributed by atoms with van der Waals surface area (Å²) in [4.78, 5) is 0. The topological polar surface area (TPSA) is 54.6 Å². The van der Waals surface area contributed by atoms with E-state index in [0.29, 0.717) is 17.5 Å². The van der Waals surface area contributed by atoms with Crippen molar-refractivity contribution in [1.29, 1.82) is 0 Å². The lowest BCUT2D eigenvalue weighted by Gasteiger charge is -2.01. The van der Waals surface area contributed by atoms with Gasteiger partial charge in [-0.2, -0.15) is 5.48 Å². The van der Waals surface area contributed by atoms with Gasteiger partial charge in [-0.3, -0.25) is 0 Å². The second kappa shape index (κ2) is 6.17. The molecule has 1 aromatic heterocycles. The number of hydrogen-bond donors (Lipinski definition) is 2. The first-order valence-electron chi connectivity index (χ1n) is 5.78. The van der Waals surface area contributed by atoms with Gasteiger partial charge in [0.25, 0.3) is 5.95 Å². The van der Waals surface area contributed by atoms with Crippen LogP contribution in [0.2, 0.25) is 0 Å². The monoisotopic (exact) mass is 263 g/mol. The van der Waals surface area contributed by atoms with E-state index in [2.05, 4.69) is 5.48 Å². The van der Waals surface area contributed by atoms with Crippen LogP contribution in [0, 0.1) is 5.82 Å². The van der Waals surface area contributed by atoms with E-state index >= 15 is 0 Å². The van der Waals surface area contributed by atoms with Crippen LogP contribution < -0.4 is 10.2 Å². The van der Waals surface area contributed by atoms with Gasteiger partial charge in [-0.05, 0) is 43.3 Å². The number of hydroxylamine groups is 1. The molecule has 0 aliphatic rings. The maximum Gasteiger partial charge on any atom is 0.290 e. The minimum atomic E-state index is -0.319. The van der Waals surface area contributed by atoms with E-state index in [0.717, 1.165) is 0 Å². The van der Waals surface area contributed by atoms with Crippen molar-refractivity contribution in [2.45, 2.75) is 13.0 Å². The highest BCUT2D eigenvalue weighted by atomic mass is 19.1. The minimum absolute atomic E-state index is 0.174. The molecule has 0 fully saturated rings. The van der Waals surface area contributed by atoms with Gasteiger partial charge >= 0.3 is 0 Å². The van der Waals surface area contributed by atoms with E-state index in [4.69, 9.17) is 14.4 Å². The molecule has 100 valence electrons. The van der Waals surface area contributed by atoms with Crippen LogP contribution >= 0.6 is 0 Å². The summed E-state index contributed by atoms with van der Waals surface area (Å²) in [5.41, 5.74) is 2.09. The first-order valence-corrected chi connectivity index (χ1v) is 5.78. The standard InChI is InChI=1S/C14H14FNO3/c1-10(16-17)2-5-12-8-9-14(18-12)19-13-6-3-11(15)4-7-13/h2-10,16-17H,1H3/b5-2+/t10-/m1/s1. The molecule has 0 aliphatic carbocycles. The van der Waals surface area contributed by atoms with Gasteiger partial charge in [-0.25, -0.2) is 4.39 Å². The van der Waals surface area contributed by atoms with Gasteiger partial charge in [0.2, 0.25) is 0 Å². The predicted molar refractivity (Wildman–Crippen MR) is 68.6 cm³/mol. The maximum atomic E-state index is 12.7. The Morgan fingerprint density at radius 2 is 2.00 bits per heavy atom. The summed E-state index contributed by atoms with van der Waals surface area (Å²) < 4.78 is 23.5. The number of hydrogen-bond acceptors (Lipinski definition) is 4. The average Bonchev–Trinajstić information content (AvgIpc) is 2.86. The molecule has 0 aliphatic heterocycles. The van der Waals surface area contributed by atoms with E-state index in [1.54, 1.807) is 31.2 Å². The molecule has 0 radical (unpaired) electrons. The zero-order valence-corrected chi connectivity index (χ0v) is 10.3. The molecule has 0 bridgehead atoms. The molecular weight excluding hydrogens is 249 g/mol. The van der Waals surface area contributed by atoms with Gasteiger partial charge in [0.1, 0.15) is 17.3 Å². The van der Waals surface area contributed by atoms with Crippen molar-refractivity contribution in [2.24, 2.45) is 0 Å². The van der Waals surface area contributed by atoms with Crippen LogP contribution in [-0.4, -0.2) is 11.2 Å². The molecule has 1 heterocycles. The first kappa shape index (κ1) is 13.3. The summed E-state index contributed by atoms with van der Waals surface area (Å²) in [5.74, 6) is 1.09. The third-order valence-electron chi connectivity index (χ3n) is 2.39. The molecule has 1 aromatic carbocycles. The fourth-order valence-electron chi connectivity index (χ4n) is 1.38. The molecule has 2 N–H and O–H groups in total. The highest BCUT2D eigenvalue weighted by molar-refractivity contribution is 5.44. The van der Waals surface area contributed by atoms with E-state index in [-0.39, 0.29) is 11.9 Å². The highest BCUT2D eigenvalue weighted by Gasteiger charge is 2.03. The van der Waals surface area contributed by atoms with Crippen LogP contribution in [0.1, 0.15) is 12.7 Å². The Morgan fingerprint density at radius 1 is 1.26 bits per heavy atom. The van der Waals surface area contributed by atoms with Crippen molar-refractivity contribution in [3.8, 4) is 11.7 Å². The van der Waals surface area contributed by atoms with Crippen LogP contribution in [0.5, 0.6) is 11.7 Å². The van der Waals surface area contributed by atoms with Gasteiger partial charge in [-0.15, -0.1) is 0 Å². The lowest BCUT2D eigenvalue weighted by molar-refractivity contribution is 0.150. The van der Waals surface area contributed by atoms with Crippen molar-refractivity contribution in [1.82, 2.24) is 5.48 Å². The van der Waals surface area contributed by atoms with Gasteiger partial charge in [0.15, 0.2) is 0 Å². The summed E-state index contributed by atoms with van der Waals surface area (Å²) in [6.07, 6.45) is 3.45. The van der Waals surface area contributed by atoms with Gasteiger partial charge in [-0.1, -0.05) is 6.08 Å². The molecule has 0 spiro atoms. The van der Waals surface area contributed by atoms with Crippen molar-refractivity contribution in [3.05, 3.63) is 54.1 Å². The Balaban J connectivity index is 2.01. The molecule has 2 aromatic rings. The Hall–Kier alpha value is -2.11. The molecular formula is C14H14FNO3. The molecule has 0 saturated heterocycles. The smallest absolute Gasteiger partial charge is 0.290 e. The van der Waals surface area contributed by atoms with Crippen LogP contribution in [0.25, 0.3) is 6.08 Å². The van der Waals surface area contributed by atoms with Gasteiger partial charge in [0.05, 0.1) is 0 Å². The second-order valence-electron chi connectivity index (χ2n) is 3.99. The van der Waals surface area contributed by atoms with Crippen molar-refractivity contribution >= 4 is 6.08 Å². The van der Waals surface area contributed by atoms with E-state index in [1.807, 2.05) is 0 Å². The number of ether oxygens (including phenoxy) is 1. The highest BCUT2D eigenvalue weighted by Crippen LogP contribution is 2.24.